The van der Waals surface area contributed by atoms with Crippen LogP contribution < -0.4 is 0 Å². The molecule has 112 valence electrons. The van der Waals surface area contributed by atoms with Crippen LogP contribution in [0.15, 0.2) is 25.3 Å². The molecule has 0 saturated heterocycles. The lowest BCUT2D eigenvalue weighted by Gasteiger charge is -2.19. The SMILES string of the molecule is C=CCOCC(C)OCC(C)OCC(C)OCC=C. The molecule has 0 aliphatic rings. The van der Waals surface area contributed by atoms with Gasteiger partial charge in [0, 0.05) is 0 Å². The van der Waals surface area contributed by atoms with Crippen LogP contribution >= 0.6 is 0 Å². The standard InChI is InChI=1S/C15H28O4/c1-6-8-16-10-13(3)18-12-15(5)19-11-14(4)17-9-7-2/h6-7,13-15H,1-2,8-12H2,3-5H3. The van der Waals surface area contributed by atoms with E-state index in [2.05, 4.69) is 13.2 Å². The number of rotatable bonds is 13. The van der Waals surface area contributed by atoms with E-state index in [4.69, 9.17) is 18.9 Å². The van der Waals surface area contributed by atoms with Crippen LogP contribution in [0, 0.1) is 0 Å². The summed E-state index contributed by atoms with van der Waals surface area (Å²) in [6, 6.07) is 0. The van der Waals surface area contributed by atoms with Gasteiger partial charge in [0.05, 0.1) is 51.3 Å². The van der Waals surface area contributed by atoms with Gasteiger partial charge in [-0.25, -0.2) is 0 Å². The second-order valence-electron chi connectivity index (χ2n) is 4.55. The van der Waals surface area contributed by atoms with E-state index in [9.17, 15) is 0 Å². The molecule has 0 radical (unpaired) electrons. The smallest absolute Gasteiger partial charge is 0.0784 e. The maximum absolute atomic E-state index is 5.64. The zero-order valence-corrected chi connectivity index (χ0v) is 12.5. The Hall–Kier alpha value is -0.680. The van der Waals surface area contributed by atoms with Crippen LogP contribution in [0.25, 0.3) is 0 Å². The molecule has 3 atom stereocenters. The molecular formula is C15H28O4. The third-order valence-corrected chi connectivity index (χ3v) is 2.32. The van der Waals surface area contributed by atoms with Gasteiger partial charge >= 0.3 is 0 Å². The minimum Gasteiger partial charge on any atom is -0.375 e. The highest BCUT2D eigenvalue weighted by Crippen LogP contribution is 2.00. The van der Waals surface area contributed by atoms with Gasteiger partial charge in [-0.15, -0.1) is 13.2 Å². The first kappa shape index (κ1) is 18.3. The van der Waals surface area contributed by atoms with Gasteiger partial charge in [0.15, 0.2) is 0 Å². The van der Waals surface area contributed by atoms with E-state index in [-0.39, 0.29) is 18.3 Å². The Balaban J connectivity index is 3.54. The normalized spacial score (nSPS) is 15.7. The van der Waals surface area contributed by atoms with E-state index >= 15 is 0 Å². The summed E-state index contributed by atoms with van der Waals surface area (Å²) in [5.41, 5.74) is 0. The Morgan fingerprint density at radius 1 is 0.737 bits per heavy atom. The van der Waals surface area contributed by atoms with Crippen LogP contribution in [-0.2, 0) is 18.9 Å². The maximum Gasteiger partial charge on any atom is 0.0784 e. The average Bonchev–Trinajstić information content (AvgIpc) is 2.40. The summed E-state index contributed by atoms with van der Waals surface area (Å²) >= 11 is 0. The lowest BCUT2D eigenvalue weighted by molar-refractivity contribution is -0.0758. The molecule has 0 N–H and O–H groups in total. The van der Waals surface area contributed by atoms with Crippen molar-refractivity contribution in [1.29, 1.82) is 0 Å². The first-order valence-electron chi connectivity index (χ1n) is 6.74. The van der Waals surface area contributed by atoms with Crippen molar-refractivity contribution in [2.24, 2.45) is 0 Å². The molecule has 0 amide bonds. The summed E-state index contributed by atoms with van der Waals surface area (Å²) in [4.78, 5) is 0. The van der Waals surface area contributed by atoms with Gasteiger partial charge in [0.1, 0.15) is 0 Å². The highest BCUT2D eigenvalue weighted by molar-refractivity contribution is 4.66. The third-order valence-electron chi connectivity index (χ3n) is 2.32. The van der Waals surface area contributed by atoms with Crippen LogP contribution in [0.5, 0.6) is 0 Å². The lowest BCUT2D eigenvalue weighted by atomic mass is 10.4. The zero-order chi connectivity index (χ0) is 14.5. The predicted molar refractivity (Wildman–Crippen MR) is 77.5 cm³/mol. The molecule has 4 heteroatoms. The van der Waals surface area contributed by atoms with Crippen LogP contribution in [0.3, 0.4) is 0 Å². The summed E-state index contributed by atoms with van der Waals surface area (Å²) in [7, 11) is 0. The van der Waals surface area contributed by atoms with Crippen molar-refractivity contribution in [2.75, 3.05) is 33.0 Å². The molecule has 4 nitrogen and oxygen atoms in total. The molecule has 0 aromatic heterocycles. The van der Waals surface area contributed by atoms with E-state index in [0.717, 1.165) is 0 Å². The average molecular weight is 272 g/mol. The van der Waals surface area contributed by atoms with Gasteiger partial charge in [0.2, 0.25) is 0 Å². The highest BCUT2D eigenvalue weighted by atomic mass is 16.6. The topological polar surface area (TPSA) is 36.9 Å². The predicted octanol–water partition coefficient (Wildman–Crippen LogP) is 2.59. The maximum atomic E-state index is 5.64. The molecule has 19 heavy (non-hydrogen) atoms. The van der Waals surface area contributed by atoms with Crippen molar-refractivity contribution in [1.82, 2.24) is 0 Å². The van der Waals surface area contributed by atoms with E-state index in [1.165, 1.54) is 0 Å². The van der Waals surface area contributed by atoms with Gasteiger partial charge in [-0.3, -0.25) is 0 Å². The van der Waals surface area contributed by atoms with E-state index in [1.807, 2.05) is 20.8 Å². The first-order valence-corrected chi connectivity index (χ1v) is 6.74. The number of hydrogen-bond acceptors (Lipinski definition) is 4. The molecule has 0 aliphatic carbocycles. The largest absolute Gasteiger partial charge is 0.375 e. The molecular weight excluding hydrogens is 244 g/mol. The van der Waals surface area contributed by atoms with Crippen LogP contribution in [0.2, 0.25) is 0 Å². The molecule has 0 spiro atoms. The Morgan fingerprint density at radius 2 is 1.21 bits per heavy atom. The summed E-state index contributed by atoms with van der Waals surface area (Å²) in [6.07, 6.45) is 3.61. The van der Waals surface area contributed by atoms with Crippen molar-refractivity contribution >= 4 is 0 Å². The summed E-state index contributed by atoms with van der Waals surface area (Å²) in [5.74, 6) is 0. The van der Waals surface area contributed by atoms with E-state index in [1.54, 1.807) is 12.2 Å². The first-order chi connectivity index (χ1) is 9.10. The lowest BCUT2D eigenvalue weighted by Crippen LogP contribution is -2.26. The van der Waals surface area contributed by atoms with E-state index < -0.39 is 0 Å². The Kier molecular flexibility index (Phi) is 11.9. The summed E-state index contributed by atoms with van der Waals surface area (Å²) in [5, 5.41) is 0. The molecule has 3 unspecified atom stereocenters. The Bertz CT molecular complexity index is 230. The number of ether oxygens (including phenoxy) is 4. The fraction of sp³-hybridized carbons (Fsp3) is 0.733. The van der Waals surface area contributed by atoms with Crippen molar-refractivity contribution in [3.05, 3.63) is 25.3 Å². The number of hydrogen-bond donors (Lipinski definition) is 0. The zero-order valence-electron chi connectivity index (χ0n) is 12.5. The monoisotopic (exact) mass is 272 g/mol. The second kappa shape index (κ2) is 12.4. The quantitative estimate of drug-likeness (QED) is 0.381. The molecule has 0 aromatic rings. The van der Waals surface area contributed by atoms with E-state index in [0.29, 0.717) is 33.0 Å². The Labute approximate surface area is 117 Å². The summed E-state index contributed by atoms with van der Waals surface area (Å²) < 4.78 is 22.0. The van der Waals surface area contributed by atoms with Crippen molar-refractivity contribution in [3.8, 4) is 0 Å². The minimum atomic E-state index is 0.0386. The van der Waals surface area contributed by atoms with Gasteiger partial charge in [-0.1, -0.05) is 12.2 Å². The van der Waals surface area contributed by atoms with Gasteiger partial charge in [0.25, 0.3) is 0 Å². The fourth-order valence-electron chi connectivity index (χ4n) is 1.29. The van der Waals surface area contributed by atoms with Gasteiger partial charge in [-0.2, -0.15) is 0 Å². The highest BCUT2D eigenvalue weighted by Gasteiger charge is 2.09. The summed E-state index contributed by atoms with van der Waals surface area (Å²) in [6.45, 7) is 15.9. The van der Waals surface area contributed by atoms with Crippen molar-refractivity contribution < 1.29 is 18.9 Å². The second-order valence-corrected chi connectivity index (χ2v) is 4.55. The molecule has 0 rings (SSSR count). The van der Waals surface area contributed by atoms with Gasteiger partial charge < -0.3 is 18.9 Å². The minimum absolute atomic E-state index is 0.0386. The van der Waals surface area contributed by atoms with Crippen molar-refractivity contribution in [3.63, 3.8) is 0 Å². The molecule has 0 bridgehead atoms. The van der Waals surface area contributed by atoms with Crippen LogP contribution in [-0.4, -0.2) is 51.3 Å². The molecule has 0 aromatic carbocycles. The molecule has 0 saturated carbocycles. The molecule has 0 fully saturated rings. The third kappa shape index (κ3) is 12.1. The fourth-order valence-corrected chi connectivity index (χ4v) is 1.29. The van der Waals surface area contributed by atoms with Crippen LogP contribution in [0.1, 0.15) is 20.8 Å². The molecule has 0 aliphatic heterocycles. The van der Waals surface area contributed by atoms with Crippen LogP contribution in [0.4, 0.5) is 0 Å². The Morgan fingerprint density at radius 3 is 1.74 bits per heavy atom. The van der Waals surface area contributed by atoms with Crippen molar-refractivity contribution in [2.45, 2.75) is 39.1 Å². The van der Waals surface area contributed by atoms with Gasteiger partial charge in [-0.05, 0) is 20.8 Å². The molecule has 0 heterocycles.